The lowest BCUT2D eigenvalue weighted by molar-refractivity contribution is 0.104. The van der Waals surface area contributed by atoms with Gasteiger partial charge in [0.1, 0.15) is 5.75 Å². The monoisotopic (exact) mass is 271 g/mol. The largest absolute Gasteiger partial charge is 0.425 e. The minimum atomic E-state index is -0.0736. The van der Waals surface area contributed by atoms with Crippen molar-refractivity contribution in [2.45, 2.75) is 0 Å². The summed E-state index contributed by atoms with van der Waals surface area (Å²) >= 11 is 1.25. The lowest BCUT2D eigenvalue weighted by Gasteiger charge is -2.06. The minimum absolute atomic E-state index is 0.0736. The summed E-state index contributed by atoms with van der Waals surface area (Å²) < 4.78 is 5.53. The molecule has 1 aromatic rings. The summed E-state index contributed by atoms with van der Waals surface area (Å²) in [6.45, 7) is 0. The number of benzene rings is 1. The highest BCUT2D eigenvalue weighted by Crippen LogP contribution is 2.22. The predicted octanol–water partition coefficient (Wildman–Crippen LogP) is 3.61. The maximum absolute atomic E-state index is 12.0. The van der Waals surface area contributed by atoms with Gasteiger partial charge in [-0.15, -0.1) is 0 Å². The molecule has 0 amide bonds. The van der Waals surface area contributed by atoms with Crippen LogP contribution in [0.15, 0.2) is 65.8 Å². The third kappa shape index (κ3) is 4.26. The topological polar surface area (TPSA) is 38.7 Å². The van der Waals surface area contributed by atoms with E-state index in [2.05, 4.69) is 4.99 Å². The summed E-state index contributed by atoms with van der Waals surface area (Å²) in [5.41, 5.74) is 0.559. The van der Waals surface area contributed by atoms with E-state index < -0.39 is 0 Å². The molecule has 0 N–H and O–H groups in total. The van der Waals surface area contributed by atoms with E-state index in [1.165, 1.54) is 18.1 Å². The smallest absolute Gasteiger partial charge is 0.189 e. The number of aliphatic imine (C=N–C) groups is 1. The van der Waals surface area contributed by atoms with Crippen LogP contribution in [0.3, 0.4) is 0 Å². The molecule has 0 saturated carbocycles. The maximum Gasteiger partial charge on any atom is 0.189 e. The van der Waals surface area contributed by atoms with Crippen LogP contribution in [-0.4, -0.2) is 17.8 Å². The number of allylic oxidation sites excluding steroid dienone is 5. The quantitative estimate of drug-likeness (QED) is 0.677. The number of para-hydroxylation sites is 1. The van der Waals surface area contributed by atoms with Gasteiger partial charge in [0.15, 0.2) is 5.78 Å². The van der Waals surface area contributed by atoms with Crippen LogP contribution in [-0.2, 0) is 0 Å². The lowest BCUT2D eigenvalue weighted by atomic mass is 10.1. The van der Waals surface area contributed by atoms with Gasteiger partial charge in [-0.3, -0.25) is 9.79 Å². The average Bonchev–Trinajstić information content (AvgIpc) is 2.44. The van der Waals surface area contributed by atoms with Crippen LogP contribution in [0.25, 0.3) is 0 Å². The summed E-state index contributed by atoms with van der Waals surface area (Å²) in [6, 6.07) is 7.21. The first-order chi connectivity index (χ1) is 9.38. The summed E-state index contributed by atoms with van der Waals surface area (Å²) in [4.78, 5) is 16.1. The molecule has 0 aliphatic carbocycles. The first-order valence-corrected chi connectivity index (χ1v) is 6.73. The van der Waals surface area contributed by atoms with Crippen molar-refractivity contribution in [2.75, 3.05) is 5.75 Å². The van der Waals surface area contributed by atoms with E-state index in [0.29, 0.717) is 17.1 Å². The van der Waals surface area contributed by atoms with Gasteiger partial charge in [-0.2, -0.15) is 0 Å². The van der Waals surface area contributed by atoms with Gasteiger partial charge in [0, 0.05) is 12.4 Å². The fourth-order valence-electron chi connectivity index (χ4n) is 1.44. The van der Waals surface area contributed by atoms with Gasteiger partial charge in [0.25, 0.3) is 0 Å². The second-order valence-electron chi connectivity index (χ2n) is 3.65. The fourth-order valence-corrected chi connectivity index (χ4v) is 1.92. The Bertz CT molecular complexity index is 559. The molecule has 0 bridgehead atoms. The predicted molar refractivity (Wildman–Crippen MR) is 79.8 cm³/mol. The number of carbonyl (C=O) groups excluding carboxylic acids is 1. The SMILES string of the molecule is O=C1\C=C/C=C\C=C/N=CCSOc2ccccc21. The van der Waals surface area contributed by atoms with Crippen LogP contribution in [0.4, 0.5) is 0 Å². The zero-order chi connectivity index (χ0) is 13.3. The molecule has 2 rings (SSSR count). The molecule has 4 heteroatoms. The van der Waals surface area contributed by atoms with Gasteiger partial charge in [-0.1, -0.05) is 30.4 Å². The highest BCUT2D eigenvalue weighted by Gasteiger charge is 2.09. The van der Waals surface area contributed by atoms with E-state index in [0.717, 1.165) is 0 Å². The Balaban J connectivity index is 2.26. The van der Waals surface area contributed by atoms with E-state index in [1.54, 1.807) is 42.8 Å². The Labute approximate surface area is 116 Å². The Kier molecular flexibility index (Phi) is 5.19. The molecule has 1 aromatic carbocycles. The number of nitrogens with zero attached hydrogens (tertiary/aromatic N) is 1. The van der Waals surface area contributed by atoms with E-state index in [-0.39, 0.29) is 5.78 Å². The zero-order valence-electron chi connectivity index (χ0n) is 10.2. The summed E-state index contributed by atoms with van der Waals surface area (Å²) in [7, 11) is 0. The third-order valence-electron chi connectivity index (χ3n) is 2.30. The minimum Gasteiger partial charge on any atom is -0.425 e. The van der Waals surface area contributed by atoms with Crippen LogP contribution >= 0.6 is 12.0 Å². The van der Waals surface area contributed by atoms with Gasteiger partial charge >= 0.3 is 0 Å². The standard InChI is InChI=1S/C15H13NO2S/c17-14-8-3-1-2-6-10-16-11-12-19-18-15-9-5-4-7-13(14)15/h1-11H,12H2/b2-1-,8-3-,10-6-,16-11?. The van der Waals surface area contributed by atoms with Crippen molar-refractivity contribution >= 4 is 24.0 Å². The maximum atomic E-state index is 12.0. The highest BCUT2D eigenvalue weighted by atomic mass is 32.2. The number of rotatable bonds is 0. The number of ketones is 1. The van der Waals surface area contributed by atoms with Gasteiger partial charge in [-0.05, 0) is 24.3 Å². The second kappa shape index (κ2) is 7.38. The molecule has 0 radical (unpaired) electrons. The molecule has 1 aliphatic heterocycles. The molecule has 0 spiro atoms. The Morgan fingerprint density at radius 3 is 2.89 bits per heavy atom. The van der Waals surface area contributed by atoms with E-state index in [4.69, 9.17) is 4.18 Å². The fraction of sp³-hybridized carbons (Fsp3) is 0.0667. The molecule has 0 fully saturated rings. The summed E-state index contributed by atoms with van der Waals surface area (Å²) in [5.74, 6) is 1.12. The van der Waals surface area contributed by atoms with Gasteiger partial charge in [0.2, 0.25) is 0 Å². The van der Waals surface area contributed by atoms with Gasteiger partial charge in [-0.25, -0.2) is 0 Å². The number of fused-ring (bicyclic) bond motifs is 1. The molecular weight excluding hydrogens is 258 g/mol. The average molecular weight is 271 g/mol. The van der Waals surface area contributed by atoms with Gasteiger partial charge in [0.05, 0.1) is 23.4 Å². The molecule has 0 unspecified atom stereocenters. The first-order valence-electron chi connectivity index (χ1n) is 5.82. The van der Waals surface area contributed by atoms with Crippen molar-refractivity contribution in [3.05, 3.63) is 66.4 Å². The van der Waals surface area contributed by atoms with Crippen LogP contribution in [0.1, 0.15) is 10.4 Å². The number of hydrogen-bond donors (Lipinski definition) is 0. The third-order valence-corrected chi connectivity index (χ3v) is 2.88. The Morgan fingerprint density at radius 1 is 1.11 bits per heavy atom. The molecule has 0 atom stereocenters. The van der Waals surface area contributed by atoms with Crippen molar-refractivity contribution in [3.63, 3.8) is 0 Å². The molecule has 1 aliphatic rings. The Hall–Kier alpha value is -2.07. The summed E-state index contributed by atoms with van der Waals surface area (Å²) in [6.07, 6.45) is 12.1. The van der Waals surface area contributed by atoms with Crippen LogP contribution in [0.5, 0.6) is 5.75 Å². The molecule has 1 heterocycles. The van der Waals surface area contributed by atoms with E-state index in [1.807, 2.05) is 18.2 Å². The molecule has 0 aromatic heterocycles. The van der Waals surface area contributed by atoms with Gasteiger partial charge < -0.3 is 4.18 Å². The first kappa shape index (κ1) is 13.4. The normalized spacial score (nSPS) is 20.7. The zero-order valence-corrected chi connectivity index (χ0v) is 11.0. The lowest BCUT2D eigenvalue weighted by Crippen LogP contribution is -1.98. The van der Waals surface area contributed by atoms with E-state index in [9.17, 15) is 4.79 Å². The number of hydrogen-bond acceptors (Lipinski definition) is 4. The van der Waals surface area contributed by atoms with Crippen molar-refractivity contribution in [1.29, 1.82) is 0 Å². The molecule has 96 valence electrons. The number of carbonyl (C=O) groups is 1. The second-order valence-corrected chi connectivity index (χ2v) is 4.38. The molecule has 19 heavy (non-hydrogen) atoms. The molecular formula is C15H13NO2S. The van der Waals surface area contributed by atoms with Crippen LogP contribution in [0.2, 0.25) is 0 Å². The highest BCUT2D eigenvalue weighted by molar-refractivity contribution is 7.95. The molecule has 3 nitrogen and oxygen atoms in total. The van der Waals surface area contributed by atoms with E-state index >= 15 is 0 Å². The summed E-state index contributed by atoms with van der Waals surface area (Å²) in [5, 5.41) is 0. The van der Waals surface area contributed by atoms with Crippen LogP contribution in [0, 0.1) is 0 Å². The van der Waals surface area contributed by atoms with Crippen molar-refractivity contribution in [3.8, 4) is 5.75 Å². The van der Waals surface area contributed by atoms with Crippen molar-refractivity contribution < 1.29 is 8.98 Å². The Morgan fingerprint density at radius 2 is 1.95 bits per heavy atom. The van der Waals surface area contributed by atoms with Crippen LogP contribution < -0.4 is 4.18 Å². The molecule has 0 saturated heterocycles. The van der Waals surface area contributed by atoms with Crippen molar-refractivity contribution in [1.82, 2.24) is 0 Å². The van der Waals surface area contributed by atoms with Crippen molar-refractivity contribution in [2.24, 2.45) is 4.99 Å².